The molecule has 1 N–H and O–H groups in total. The number of hydrogen-bond donors (Lipinski definition) is 1. The van der Waals surface area contributed by atoms with E-state index >= 15 is 0 Å². The van der Waals surface area contributed by atoms with Gasteiger partial charge in [-0.05, 0) is 20.4 Å². The number of amides is 2. The Morgan fingerprint density at radius 2 is 2.23 bits per heavy atom. The minimum absolute atomic E-state index is 0.0753. The molecule has 2 atom stereocenters. The van der Waals surface area contributed by atoms with E-state index in [0.717, 1.165) is 6.42 Å². The SMILES string of the molecule is CC1CC2(CC(=O)NC2=O)CN1C. The van der Waals surface area contributed by atoms with Gasteiger partial charge in [0.1, 0.15) is 0 Å². The molecular weight excluding hydrogens is 168 g/mol. The first-order chi connectivity index (χ1) is 6.03. The molecule has 2 aliphatic rings. The summed E-state index contributed by atoms with van der Waals surface area (Å²) in [6, 6.07) is 0.400. The largest absolute Gasteiger partial charge is 0.303 e. The molecule has 4 nitrogen and oxygen atoms in total. The Bertz CT molecular complexity index is 265. The Morgan fingerprint density at radius 3 is 2.62 bits per heavy atom. The van der Waals surface area contributed by atoms with Crippen molar-refractivity contribution in [2.45, 2.75) is 25.8 Å². The van der Waals surface area contributed by atoms with Crippen molar-refractivity contribution in [3.05, 3.63) is 0 Å². The van der Waals surface area contributed by atoms with Crippen LogP contribution in [0.4, 0.5) is 0 Å². The highest BCUT2D eigenvalue weighted by molar-refractivity contribution is 6.06. The fourth-order valence-electron chi connectivity index (χ4n) is 2.40. The van der Waals surface area contributed by atoms with Crippen LogP contribution in [0.25, 0.3) is 0 Å². The molecule has 0 radical (unpaired) electrons. The van der Waals surface area contributed by atoms with Gasteiger partial charge in [0.15, 0.2) is 0 Å². The molecule has 2 heterocycles. The van der Waals surface area contributed by atoms with E-state index in [4.69, 9.17) is 0 Å². The molecule has 0 aromatic rings. The fourth-order valence-corrected chi connectivity index (χ4v) is 2.40. The number of likely N-dealkylation sites (tertiary alicyclic amines) is 1. The summed E-state index contributed by atoms with van der Waals surface area (Å²) in [4.78, 5) is 24.8. The fraction of sp³-hybridized carbons (Fsp3) is 0.778. The third-order valence-electron chi connectivity index (χ3n) is 3.22. The summed E-state index contributed by atoms with van der Waals surface area (Å²) in [7, 11) is 2.00. The van der Waals surface area contributed by atoms with Crippen molar-refractivity contribution >= 4 is 11.8 Å². The van der Waals surface area contributed by atoms with Crippen molar-refractivity contribution in [3.8, 4) is 0 Å². The quantitative estimate of drug-likeness (QED) is 0.525. The summed E-state index contributed by atoms with van der Waals surface area (Å²) in [5, 5.41) is 2.39. The Labute approximate surface area is 77.3 Å². The van der Waals surface area contributed by atoms with E-state index in [2.05, 4.69) is 17.1 Å². The molecule has 2 saturated heterocycles. The molecule has 0 bridgehead atoms. The summed E-state index contributed by atoms with van der Waals surface area (Å²) in [6.45, 7) is 2.80. The lowest BCUT2D eigenvalue weighted by Gasteiger charge is -2.17. The maximum atomic E-state index is 11.5. The number of carbonyl (C=O) groups is 2. The Balaban J connectivity index is 2.23. The van der Waals surface area contributed by atoms with E-state index in [1.807, 2.05) is 7.05 Å². The maximum Gasteiger partial charge on any atom is 0.234 e. The van der Waals surface area contributed by atoms with Gasteiger partial charge in [-0.25, -0.2) is 0 Å². The molecule has 2 fully saturated rings. The van der Waals surface area contributed by atoms with Crippen molar-refractivity contribution in [1.82, 2.24) is 10.2 Å². The van der Waals surface area contributed by atoms with Crippen LogP contribution in [0, 0.1) is 5.41 Å². The molecule has 0 saturated carbocycles. The van der Waals surface area contributed by atoms with E-state index in [0.29, 0.717) is 19.0 Å². The second-order valence-corrected chi connectivity index (χ2v) is 4.30. The zero-order valence-corrected chi connectivity index (χ0v) is 7.96. The molecule has 13 heavy (non-hydrogen) atoms. The van der Waals surface area contributed by atoms with E-state index < -0.39 is 5.41 Å². The standard InChI is InChI=1S/C9H14N2O2/c1-6-3-9(5-11(6)2)4-7(12)10-8(9)13/h6H,3-5H2,1-2H3,(H,10,12,13). The highest BCUT2D eigenvalue weighted by Crippen LogP contribution is 2.39. The topological polar surface area (TPSA) is 49.4 Å². The highest BCUT2D eigenvalue weighted by atomic mass is 16.2. The zero-order valence-electron chi connectivity index (χ0n) is 7.96. The molecule has 0 aromatic heterocycles. The van der Waals surface area contributed by atoms with Gasteiger partial charge in [-0.1, -0.05) is 0 Å². The first-order valence-electron chi connectivity index (χ1n) is 4.58. The van der Waals surface area contributed by atoms with Crippen LogP contribution in [0.1, 0.15) is 19.8 Å². The van der Waals surface area contributed by atoms with Gasteiger partial charge < -0.3 is 4.90 Å². The third-order valence-corrected chi connectivity index (χ3v) is 3.22. The number of nitrogens with one attached hydrogen (secondary N) is 1. The first kappa shape index (κ1) is 8.69. The summed E-state index contributed by atoms with van der Waals surface area (Å²) in [6.07, 6.45) is 1.18. The highest BCUT2D eigenvalue weighted by Gasteiger charge is 2.52. The zero-order chi connectivity index (χ0) is 9.64. The summed E-state index contributed by atoms with van der Waals surface area (Å²) in [5.74, 6) is -0.193. The molecule has 2 aliphatic heterocycles. The molecule has 1 spiro atoms. The van der Waals surface area contributed by atoms with Gasteiger partial charge in [0.05, 0.1) is 5.41 Å². The molecule has 0 aromatic carbocycles. The minimum Gasteiger partial charge on any atom is -0.303 e. The van der Waals surface area contributed by atoms with Crippen molar-refractivity contribution in [2.24, 2.45) is 5.41 Å². The van der Waals surface area contributed by atoms with Crippen LogP contribution in [0.15, 0.2) is 0 Å². The van der Waals surface area contributed by atoms with Gasteiger partial charge in [-0.15, -0.1) is 0 Å². The molecule has 4 heteroatoms. The van der Waals surface area contributed by atoms with E-state index in [1.165, 1.54) is 0 Å². The molecule has 0 aliphatic carbocycles. The van der Waals surface area contributed by atoms with E-state index in [1.54, 1.807) is 0 Å². The number of hydrogen-bond acceptors (Lipinski definition) is 3. The second kappa shape index (κ2) is 2.54. The predicted molar refractivity (Wildman–Crippen MR) is 46.9 cm³/mol. The monoisotopic (exact) mass is 182 g/mol. The number of imide groups is 1. The van der Waals surface area contributed by atoms with Crippen LogP contribution in [-0.4, -0.2) is 36.3 Å². The molecule has 2 amide bonds. The number of rotatable bonds is 0. The third kappa shape index (κ3) is 1.16. The molecule has 72 valence electrons. The van der Waals surface area contributed by atoms with Gasteiger partial charge in [0.2, 0.25) is 11.8 Å². The van der Waals surface area contributed by atoms with Crippen LogP contribution < -0.4 is 5.32 Å². The normalized spacial score (nSPS) is 40.3. The molecule has 2 unspecified atom stereocenters. The van der Waals surface area contributed by atoms with Crippen molar-refractivity contribution in [3.63, 3.8) is 0 Å². The lowest BCUT2D eigenvalue weighted by molar-refractivity contribution is -0.128. The Hall–Kier alpha value is -0.900. The van der Waals surface area contributed by atoms with E-state index in [-0.39, 0.29) is 11.8 Å². The van der Waals surface area contributed by atoms with Crippen LogP contribution >= 0.6 is 0 Å². The van der Waals surface area contributed by atoms with E-state index in [9.17, 15) is 9.59 Å². The smallest absolute Gasteiger partial charge is 0.234 e. The number of carbonyl (C=O) groups excluding carboxylic acids is 2. The lowest BCUT2D eigenvalue weighted by atomic mass is 9.84. The van der Waals surface area contributed by atoms with Crippen LogP contribution in [0.3, 0.4) is 0 Å². The van der Waals surface area contributed by atoms with Crippen LogP contribution in [-0.2, 0) is 9.59 Å². The number of nitrogens with zero attached hydrogens (tertiary/aromatic N) is 1. The lowest BCUT2D eigenvalue weighted by Crippen LogP contribution is -2.33. The van der Waals surface area contributed by atoms with Gasteiger partial charge in [0, 0.05) is 19.0 Å². The summed E-state index contributed by atoms with van der Waals surface area (Å²) >= 11 is 0. The average Bonchev–Trinajstić information content (AvgIpc) is 2.40. The van der Waals surface area contributed by atoms with Crippen molar-refractivity contribution in [1.29, 1.82) is 0 Å². The van der Waals surface area contributed by atoms with Gasteiger partial charge in [-0.3, -0.25) is 14.9 Å². The second-order valence-electron chi connectivity index (χ2n) is 4.30. The first-order valence-corrected chi connectivity index (χ1v) is 4.58. The molecule has 2 rings (SSSR count). The van der Waals surface area contributed by atoms with Gasteiger partial charge >= 0.3 is 0 Å². The molecular formula is C9H14N2O2. The Morgan fingerprint density at radius 1 is 1.54 bits per heavy atom. The summed E-state index contributed by atoms with van der Waals surface area (Å²) in [5.41, 5.74) is -0.411. The van der Waals surface area contributed by atoms with Gasteiger partial charge in [-0.2, -0.15) is 0 Å². The van der Waals surface area contributed by atoms with Crippen LogP contribution in [0.2, 0.25) is 0 Å². The van der Waals surface area contributed by atoms with Gasteiger partial charge in [0.25, 0.3) is 0 Å². The van der Waals surface area contributed by atoms with Crippen LogP contribution in [0.5, 0.6) is 0 Å². The average molecular weight is 182 g/mol. The van der Waals surface area contributed by atoms with Crippen molar-refractivity contribution in [2.75, 3.05) is 13.6 Å². The minimum atomic E-state index is -0.411. The predicted octanol–water partition coefficient (Wildman–Crippen LogP) is -0.257. The Kier molecular flexibility index (Phi) is 1.70. The van der Waals surface area contributed by atoms with Crippen molar-refractivity contribution < 1.29 is 9.59 Å². The maximum absolute atomic E-state index is 11.5. The summed E-state index contributed by atoms with van der Waals surface area (Å²) < 4.78 is 0.